The molecule has 0 aliphatic rings. The predicted molar refractivity (Wildman–Crippen MR) is 115 cm³/mol. The Morgan fingerprint density at radius 3 is 1.28 bits per heavy atom. The third-order valence-electron chi connectivity index (χ3n) is 3.94. The van der Waals surface area contributed by atoms with Crippen molar-refractivity contribution in [2.75, 3.05) is 26.4 Å². The molecule has 0 bridgehead atoms. The van der Waals surface area contributed by atoms with Crippen LogP contribution in [0.2, 0.25) is 0 Å². The lowest BCUT2D eigenvalue weighted by Gasteiger charge is -2.19. The predicted octanol–water partition coefficient (Wildman–Crippen LogP) is 5.21. The first-order chi connectivity index (χ1) is 13.5. The van der Waals surface area contributed by atoms with E-state index < -0.39 is 0 Å². The molecule has 0 fully saturated rings. The Labute approximate surface area is 178 Å². The molecule has 0 aromatic rings. The van der Waals surface area contributed by atoms with E-state index in [0.29, 0.717) is 45.5 Å². The zero-order valence-corrected chi connectivity index (χ0v) is 19.6. The minimum atomic E-state index is -0.173. The fourth-order valence-electron chi connectivity index (χ4n) is 2.40. The second-order valence-corrected chi connectivity index (χ2v) is 9.34. The lowest BCUT2D eigenvalue weighted by Crippen LogP contribution is -2.19. The van der Waals surface area contributed by atoms with Crippen LogP contribution < -0.4 is 0 Å². The molecular weight excluding hydrogens is 372 g/mol. The van der Waals surface area contributed by atoms with Crippen molar-refractivity contribution in [3.63, 3.8) is 0 Å². The van der Waals surface area contributed by atoms with Crippen LogP contribution in [0.15, 0.2) is 0 Å². The molecule has 0 heterocycles. The monoisotopic (exact) mass is 416 g/mol. The van der Waals surface area contributed by atoms with Crippen molar-refractivity contribution in [2.24, 2.45) is 0 Å². The summed E-state index contributed by atoms with van der Waals surface area (Å²) in [7, 11) is 0. The van der Waals surface area contributed by atoms with Crippen molar-refractivity contribution in [3.05, 3.63) is 0 Å². The van der Waals surface area contributed by atoms with Gasteiger partial charge in [-0.1, -0.05) is 6.42 Å². The molecule has 172 valence electrons. The first-order valence-electron chi connectivity index (χ1n) is 11.1. The highest BCUT2D eigenvalue weighted by molar-refractivity contribution is 5.69. The van der Waals surface area contributed by atoms with Crippen molar-refractivity contribution in [3.8, 4) is 0 Å². The molecule has 0 radical (unpaired) electrons. The highest BCUT2D eigenvalue weighted by atomic mass is 16.5. The number of hydrogen-bond acceptors (Lipinski definition) is 6. The molecule has 0 spiro atoms. The molecule has 0 saturated heterocycles. The number of unbranched alkanes of at least 4 members (excludes halogenated alkanes) is 4. The summed E-state index contributed by atoms with van der Waals surface area (Å²) in [4.78, 5) is 23.3. The molecule has 0 atom stereocenters. The Bertz CT molecular complexity index is 434. The zero-order valence-electron chi connectivity index (χ0n) is 19.6. The van der Waals surface area contributed by atoms with Crippen LogP contribution in [-0.2, 0) is 28.5 Å². The molecule has 0 unspecified atom stereocenters. The number of carbonyl (C=O) groups is 2. The van der Waals surface area contributed by atoms with Gasteiger partial charge in [-0.25, -0.2) is 0 Å². The average molecular weight is 417 g/mol. The molecule has 6 nitrogen and oxygen atoms in total. The van der Waals surface area contributed by atoms with Gasteiger partial charge in [-0.15, -0.1) is 0 Å². The molecule has 6 heteroatoms. The number of carbonyl (C=O) groups excluding carboxylic acids is 2. The van der Waals surface area contributed by atoms with Gasteiger partial charge in [-0.3, -0.25) is 9.59 Å². The van der Waals surface area contributed by atoms with Crippen molar-refractivity contribution in [1.29, 1.82) is 0 Å². The fraction of sp³-hybridized carbons (Fsp3) is 0.913. The third kappa shape index (κ3) is 23.0. The van der Waals surface area contributed by atoms with Crippen LogP contribution in [0.5, 0.6) is 0 Å². The van der Waals surface area contributed by atoms with Gasteiger partial charge < -0.3 is 18.9 Å². The summed E-state index contributed by atoms with van der Waals surface area (Å²) in [6, 6.07) is 0. The lowest BCUT2D eigenvalue weighted by atomic mass is 10.2. The third-order valence-corrected chi connectivity index (χ3v) is 3.94. The van der Waals surface area contributed by atoms with Crippen LogP contribution in [0.4, 0.5) is 0 Å². The number of esters is 2. The van der Waals surface area contributed by atoms with E-state index in [2.05, 4.69) is 0 Å². The molecule has 0 aromatic carbocycles. The maximum Gasteiger partial charge on any atom is 0.305 e. The summed E-state index contributed by atoms with van der Waals surface area (Å²) in [5.74, 6) is -0.329. The quantitative estimate of drug-likeness (QED) is 0.254. The van der Waals surface area contributed by atoms with Gasteiger partial charge in [-0.2, -0.15) is 0 Å². The molecule has 0 amide bonds. The Balaban J connectivity index is 3.40. The minimum absolute atomic E-state index is 0.103. The van der Waals surface area contributed by atoms with E-state index in [4.69, 9.17) is 18.9 Å². The number of ether oxygens (including phenoxy) is 4. The SMILES string of the molecule is CC(C)(C)OCCCCCC(=O)OCCCCOC(=O)CCCCOC(C)(C)C. The molecule has 29 heavy (non-hydrogen) atoms. The molecule has 0 rings (SSSR count). The first kappa shape index (κ1) is 27.9. The summed E-state index contributed by atoms with van der Waals surface area (Å²) >= 11 is 0. The minimum Gasteiger partial charge on any atom is -0.466 e. The fourth-order valence-corrected chi connectivity index (χ4v) is 2.40. The van der Waals surface area contributed by atoms with Gasteiger partial charge in [0.25, 0.3) is 0 Å². The number of hydrogen-bond donors (Lipinski definition) is 0. The van der Waals surface area contributed by atoms with Crippen LogP contribution in [0.1, 0.15) is 99.3 Å². The van der Waals surface area contributed by atoms with Crippen LogP contribution in [0.25, 0.3) is 0 Å². The van der Waals surface area contributed by atoms with Crippen LogP contribution in [-0.4, -0.2) is 49.6 Å². The number of rotatable bonds is 16. The van der Waals surface area contributed by atoms with Gasteiger partial charge in [0.15, 0.2) is 0 Å². The molecule has 0 aliphatic heterocycles. The summed E-state index contributed by atoms with van der Waals surface area (Å²) in [6.45, 7) is 14.3. The van der Waals surface area contributed by atoms with Gasteiger partial charge in [0.1, 0.15) is 0 Å². The van der Waals surface area contributed by atoms with E-state index in [0.717, 1.165) is 38.7 Å². The normalized spacial score (nSPS) is 12.1. The van der Waals surface area contributed by atoms with Gasteiger partial charge in [-0.05, 0) is 80.1 Å². The van der Waals surface area contributed by atoms with E-state index >= 15 is 0 Å². The zero-order chi connectivity index (χ0) is 22.2. The van der Waals surface area contributed by atoms with E-state index in [9.17, 15) is 9.59 Å². The van der Waals surface area contributed by atoms with Crippen molar-refractivity contribution < 1.29 is 28.5 Å². The van der Waals surface area contributed by atoms with E-state index in [-0.39, 0.29) is 23.1 Å². The van der Waals surface area contributed by atoms with Gasteiger partial charge in [0.05, 0.1) is 24.4 Å². The maximum atomic E-state index is 11.7. The summed E-state index contributed by atoms with van der Waals surface area (Å²) in [6.07, 6.45) is 6.65. The standard InChI is InChI=1S/C23H44O6/c1-22(2,3)28-18-10-7-8-14-20(24)26-16-12-13-17-27-21(25)15-9-11-19-29-23(4,5)6/h7-19H2,1-6H3. The molecule has 0 aliphatic carbocycles. The highest BCUT2D eigenvalue weighted by Gasteiger charge is 2.10. The topological polar surface area (TPSA) is 71.1 Å². The smallest absolute Gasteiger partial charge is 0.305 e. The Morgan fingerprint density at radius 2 is 0.862 bits per heavy atom. The van der Waals surface area contributed by atoms with Gasteiger partial charge in [0, 0.05) is 26.1 Å². The average Bonchev–Trinajstić information content (AvgIpc) is 2.58. The largest absolute Gasteiger partial charge is 0.466 e. The van der Waals surface area contributed by atoms with Gasteiger partial charge >= 0.3 is 11.9 Å². The van der Waals surface area contributed by atoms with Crippen molar-refractivity contribution in [2.45, 2.75) is 111 Å². The van der Waals surface area contributed by atoms with Crippen molar-refractivity contribution in [1.82, 2.24) is 0 Å². The van der Waals surface area contributed by atoms with E-state index in [1.807, 2.05) is 41.5 Å². The van der Waals surface area contributed by atoms with E-state index in [1.165, 1.54) is 0 Å². The lowest BCUT2D eigenvalue weighted by molar-refractivity contribution is -0.146. The second kappa shape index (κ2) is 15.7. The molecule has 0 aromatic heterocycles. The first-order valence-corrected chi connectivity index (χ1v) is 11.1. The van der Waals surface area contributed by atoms with Crippen LogP contribution in [0, 0.1) is 0 Å². The van der Waals surface area contributed by atoms with Crippen molar-refractivity contribution >= 4 is 11.9 Å². The van der Waals surface area contributed by atoms with Crippen LogP contribution in [0.3, 0.4) is 0 Å². The summed E-state index contributed by atoms with van der Waals surface area (Å²) in [5.41, 5.74) is -0.237. The Morgan fingerprint density at radius 1 is 0.517 bits per heavy atom. The second-order valence-electron chi connectivity index (χ2n) is 9.34. The molecule has 0 N–H and O–H groups in total. The van der Waals surface area contributed by atoms with E-state index in [1.54, 1.807) is 0 Å². The molecule has 0 saturated carbocycles. The highest BCUT2D eigenvalue weighted by Crippen LogP contribution is 2.10. The summed E-state index contributed by atoms with van der Waals surface area (Å²) < 4.78 is 21.6. The maximum absolute atomic E-state index is 11.7. The summed E-state index contributed by atoms with van der Waals surface area (Å²) in [5, 5.41) is 0. The Kier molecular flexibility index (Phi) is 15.1. The van der Waals surface area contributed by atoms with Gasteiger partial charge in [0.2, 0.25) is 0 Å². The Hall–Kier alpha value is -1.14. The molecular formula is C23H44O6. The van der Waals surface area contributed by atoms with Crippen LogP contribution >= 0.6 is 0 Å².